The van der Waals surface area contributed by atoms with Gasteiger partial charge in [0.25, 0.3) is 0 Å². The molecule has 1 amide bonds. The minimum atomic E-state index is -0.489. The third-order valence-electron chi connectivity index (χ3n) is 4.11. The van der Waals surface area contributed by atoms with Crippen molar-refractivity contribution in [3.05, 3.63) is 83.7 Å². The Morgan fingerprint density at radius 2 is 1.64 bits per heavy atom. The van der Waals surface area contributed by atoms with Crippen molar-refractivity contribution in [2.24, 2.45) is 0 Å². The van der Waals surface area contributed by atoms with Gasteiger partial charge in [-0.25, -0.2) is 4.39 Å². The minimum Gasteiger partial charge on any atom is -0.349 e. The largest absolute Gasteiger partial charge is 0.349 e. The molecular weight excluding hydrogens is 317 g/mol. The van der Waals surface area contributed by atoms with Crippen LogP contribution in [0.3, 0.4) is 0 Å². The molecule has 0 radical (unpaired) electrons. The van der Waals surface area contributed by atoms with E-state index in [9.17, 15) is 14.0 Å². The minimum absolute atomic E-state index is 0.0752. The molecule has 0 aliphatic carbocycles. The number of nitrogens with one attached hydrogen (secondary N) is 1. The van der Waals surface area contributed by atoms with Crippen LogP contribution in [-0.4, -0.2) is 11.7 Å². The molecular formula is C21H18FNO2. The highest BCUT2D eigenvalue weighted by Crippen LogP contribution is 2.22. The van der Waals surface area contributed by atoms with Crippen LogP contribution >= 0.6 is 0 Å². The van der Waals surface area contributed by atoms with Gasteiger partial charge in [0.2, 0.25) is 5.91 Å². The smallest absolute Gasteiger partial charge is 0.217 e. The van der Waals surface area contributed by atoms with E-state index in [-0.39, 0.29) is 23.9 Å². The molecule has 3 aromatic carbocycles. The van der Waals surface area contributed by atoms with Gasteiger partial charge < -0.3 is 5.32 Å². The summed E-state index contributed by atoms with van der Waals surface area (Å²) in [5.74, 6) is -0.666. The maximum Gasteiger partial charge on any atom is 0.217 e. The first-order valence-electron chi connectivity index (χ1n) is 8.07. The zero-order chi connectivity index (χ0) is 17.8. The zero-order valence-electron chi connectivity index (χ0n) is 13.8. The van der Waals surface area contributed by atoms with E-state index in [1.807, 2.05) is 36.4 Å². The summed E-state index contributed by atoms with van der Waals surface area (Å²) < 4.78 is 13.1. The number of amides is 1. The number of benzene rings is 3. The van der Waals surface area contributed by atoms with Crippen molar-refractivity contribution < 1.29 is 14.0 Å². The normalized spacial score (nSPS) is 11.9. The fourth-order valence-corrected chi connectivity index (χ4v) is 2.86. The topological polar surface area (TPSA) is 46.2 Å². The molecule has 0 aromatic heterocycles. The van der Waals surface area contributed by atoms with Gasteiger partial charge in [-0.2, -0.15) is 0 Å². The molecule has 0 fully saturated rings. The Morgan fingerprint density at radius 1 is 0.960 bits per heavy atom. The molecule has 1 atom stereocenters. The van der Waals surface area contributed by atoms with E-state index >= 15 is 0 Å². The van der Waals surface area contributed by atoms with Crippen molar-refractivity contribution >= 4 is 22.5 Å². The summed E-state index contributed by atoms with van der Waals surface area (Å²) in [6.45, 7) is 1.40. The molecule has 0 spiro atoms. The number of carbonyl (C=O) groups excluding carboxylic acids is 2. The van der Waals surface area contributed by atoms with Gasteiger partial charge in [0.15, 0.2) is 5.78 Å². The molecule has 0 heterocycles. The Balaban J connectivity index is 1.85. The number of rotatable bonds is 5. The molecule has 0 bridgehead atoms. The lowest BCUT2D eigenvalue weighted by molar-refractivity contribution is -0.119. The molecule has 25 heavy (non-hydrogen) atoms. The Labute approximate surface area is 145 Å². The van der Waals surface area contributed by atoms with Gasteiger partial charge in [0.1, 0.15) is 5.82 Å². The molecule has 0 aliphatic heterocycles. The molecule has 3 nitrogen and oxygen atoms in total. The molecule has 1 unspecified atom stereocenters. The van der Waals surface area contributed by atoms with Crippen LogP contribution in [0.5, 0.6) is 0 Å². The second kappa shape index (κ2) is 7.26. The van der Waals surface area contributed by atoms with E-state index in [1.165, 1.54) is 19.1 Å². The highest BCUT2D eigenvalue weighted by Gasteiger charge is 2.18. The van der Waals surface area contributed by atoms with Crippen molar-refractivity contribution in [1.29, 1.82) is 0 Å². The molecule has 3 rings (SSSR count). The highest BCUT2D eigenvalue weighted by molar-refractivity contribution is 6.00. The number of halogens is 1. The van der Waals surface area contributed by atoms with Crippen LogP contribution in [0.15, 0.2) is 66.7 Å². The number of fused-ring (bicyclic) bond motifs is 1. The van der Waals surface area contributed by atoms with Gasteiger partial charge in [0, 0.05) is 18.9 Å². The standard InChI is InChI=1S/C21H18FNO2/c1-14(24)23-20(16-8-10-19(22)11-9-16)13-21(25)18-7-6-15-4-2-3-5-17(15)12-18/h2-12,20H,13H2,1H3,(H,23,24). The first-order chi connectivity index (χ1) is 12.0. The van der Waals surface area contributed by atoms with Gasteiger partial charge in [-0.15, -0.1) is 0 Å². The summed E-state index contributed by atoms with van der Waals surface area (Å²) in [6.07, 6.45) is 0.115. The average Bonchev–Trinajstić information content (AvgIpc) is 2.61. The fraction of sp³-hybridized carbons (Fsp3) is 0.143. The molecule has 0 saturated heterocycles. The lowest BCUT2D eigenvalue weighted by Crippen LogP contribution is -2.28. The molecule has 1 N–H and O–H groups in total. The van der Waals surface area contributed by atoms with Crippen molar-refractivity contribution in [2.75, 3.05) is 0 Å². The van der Waals surface area contributed by atoms with Crippen molar-refractivity contribution in [1.82, 2.24) is 5.32 Å². The van der Waals surface area contributed by atoms with E-state index in [0.717, 1.165) is 10.8 Å². The second-order valence-electron chi connectivity index (χ2n) is 5.99. The SMILES string of the molecule is CC(=O)NC(CC(=O)c1ccc2ccccc2c1)c1ccc(F)cc1. The van der Waals surface area contributed by atoms with Crippen LogP contribution in [0, 0.1) is 5.82 Å². The van der Waals surface area contributed by atoms with Gasteiger partial charge >= 0.3 is 0 Å². The third-order valence-corrected chi connectivity index (χ3v) is 4.11. The Morgan fingerprint density at radius 3 is 2.32 bits per heavy atom. The number of hydrogen-bond acceptors (Lipinski definition) is 2. The fourth-order valence-electron chi connectivity index (χ4n) is 2.86. The molecule has 0 saturated carbocycles. The Hall–Kier alpha value is -3.01. The van der Waals surface area contributed by atoms with Crippen LogP contribution in [0.25, 0.3) is 10.8 Å². The zero-order valence-corrected chi connectivity index (χ0v) is 13.8. The van der Waals surface area contributed by atoms with E-state index < -0.39 is 6.04 Å². The average molecular weight is 335 g/mol. The van der Waals surface area contributed by atoms with Crippen molar-refractivity contribution in [2.45, 2.75) is 19.4 Å². The van der Waals surface area contributed by atoms with Crippen LogP contribution in [0.4, 0.5) is 4.39 Å². The number of hydrogen-bond donors (Lipinski definition) is 1. The number of carbonyl (C=O) groups is 2. The van der Waals surface area contributed by atoms with Gasteiger partial charge in [-0.05, 0) is 34.5 Å². The van der Waals surface area contributed by atoms with E-state index in [2.05, 4.69) is 5.32 Å². The highest BCUT2D eigenvalue weighted by atomic mass is 19.1. The first-order valence-corrected chi connectivity index (χ1v) is 8.07. The van der Waals surface area contributed by atoms with Crippen LogP contribution in [0.1, 0.15) is 35.3 Å². The summed E-state index contributed by atoms with van der Waals surface area (Å²) in [5.41, 5.74) is 1.29. The second-order valence-corrected chi connectivity index (χ2v) is 5.99. The maximum atomic E-state index is 13.1. The van der Waals surface area contributed by atoms with Gasteiger partial charge in [-0.3, -0.25) is 9.59 Å². The monoisotopic (exact) mass is 335 g/mol. The quantitative estimate of drug-likeness (QED) is 0.701. The van der Waals surface area contributed by atoms with Crippen molar-refractivity contribution in [3.63, 3.8) is 0 Å². The predicted octanol–water partition coefficient (Wildman–Crippen LogP) is 4.43. The molecule has 3 aromatic rings. The lowest BCUT2D eigenvalue weighted by atomic mass is 9.96. The molecule has 0 aliphatic rings. The van der Waals surface area contributed by atoms with Gasteiger partial charge in [-0.1, -0.05) is 48.5 Å². The third kappa shape index (κ3) is 4.10. The number of ketones is 1. The van der Waals surface area contributed by atoms with Crippen LogP contribution in [-0.2, 0) is 4.79 Å². The van der Waals surface area contributed by atoms with E-state index in [1.54, 1.807) is 18.2 Å². The predicted molar refractivity (Wildman–Crippen MR) is 95.9 cm³/mol. The lowest BCUT2D eigenvalue weighted by Gasteiger charge is -2.18. The summed E-state index contributed by atoms with van der Waals surface area (Å²) in [7, 11) is 0. The maximum absolute atomic E-state index is 13.1. The molecule has 126 valence electrons. The Bertz CT molecular complexity index is 919. The van der Waals surface area contributed by atoms with Crippen LogP contribution in [0.2, 0.25) is 0 Å². The van der Waals surface area contributed by atoms with Crippen molar-refractivity contribution in [3.8, 4) is 0 Å². The number of Topliss-reactive ketones (excluding diaryl/α,β-unsaturated/α-hetero) is 1. The summed E-state index contributed by atoms with van der Waals surface area (Å²) in [6, 6.07) is 18.7. The van der Waals surface area contributed by atoms with Gasteiger partial charge in [0.05, 0.1) is 6.04 Å². The first kappa shape index (κ1) is 16.8. The van der Waals surface area contributed by atoms with E-state index in [4.69, 9.17) is 0 Å². The Kier molecular flexibility index (Phi) is 4.89. The molecule has 4 heteroatoms. The summed E-state index contributed by atoms with van der Waals surface area (Å²) in [4.78, 5) is 24.2. The van der Waals surface area contributed by atoms with Crippen LogP contribution < -0.4 is 5.32 Å². The summed E-state index contributed by atoms with van der Waals surface area (Å²) >= 11 is 0. The summed E-state index contributed by atoms with van der Waals surface area (Å²) in [5, 5.41) is 4.83. The van der Waals surface area contributed by atoms with E-state index in [0.29, 0.717) is 11.1 Å².